The Morgan fingerprint density at radius 3 is 1.11 bits per heavy atom. The number of hydrogen-bond acceptors (Lipinski definition) is 0. The van der Waals surface area contributed by atoms with Crippen LogP contribution in [-0.2, 0) is 17.0 Å². The van der Waals surface area contributed by atoms with Crippen LogP contribution < -0.4 is 0 Å². The van der Waals surface area contributed by atoms with Crippen LogP contribution in [0.1, 0.15) is 66.7 Å². The molecular weight excluding hydrogens is 299 g/mol. The zero-order chi connectivity index (χ0) is 14.1. The molecule has 2 atom stereocenters. The fourth-order valence-corrected chi connectivity index (χ4v) is 2.82. The van der Waals surface area contributed by atoms with Gasteiger partial charge in [-0.2, -0.15) is 0 Å². The fraction of sp³-hybridized carbons (Fsp3) is 0.867. The SMILES string of the molecule is C1CCCC1.C[C]1[C](C)C(C)C(C)C1C.[Cl][Ti][Cl]. The van der Waals surface area contributed by atoms with Gasteiger partial charge in [-0.15, -0.1) is 0 Å². The summed E-state index contributed by atoms with van der Waals surface area (Å²) in [5.41, 5.74) is 0. The summed E-state index contributed by atoms with van der Waals surface area (Å²) in [4.78, 5) is 0. The van der Waals surface area contributed by atoms with E-state index in [0.29, 0.717) is 0 Å². The first-order valence-corrected chi connectivity index (χ1v) is 11.4. The predicted octanol–water partition coefficient (Wildman–Crippen LogP) is 6.42. The van der Waals surface area contributed by atoms with Crippen LogP contribution in [0, 0.1) is 29.6 Å². The Morgan fingerprint density at radius 1 is 0.778 bits per heavy atom. The van der Waals surface area contributed by atoms with Gasteiger partial charge in [-0.3, -0.25) is 0 Å². The van der Waals surface area contributed by atoms with Crippen LogP contribution in [0.3, 0.4) is 0 Å². The Bertz CT molecular complexity index is 142. The average molecular weight is 327 g/mol. The van der Waals surface area contributed by atoms with E-state index < -0.39 is 17.0 Å². The Kier molecular flexibility index (Phi) is 11.8. The van der Waals surface area contributed by atoms with Gasteiger partial charge in [0.25, 0.3) is 0 Å². The van der Waals surface area contributed by atoms with Crippen LogP contribution >= 0.6 is 18.6 Å². The minimum atomic E-state index is -0.556. The van der Waals surface area contributed by atoms with Crippen molar-refractivity contribution in [1.29, 1.82) is 0 Å². The van der Waals surface area contributed by atoms with Gasteiger partial charge in [0.2, 0.25) is 0 Å². The van der Waals surface area contributed by atoms with E-state index in [1.165, 1.54) is 32.1 Å². The maximum atomic E-state index is 4.89. The molecule has 0 aromatic rings. The number of rotatable bonds is 0. The first-order chi connectivity index (χ1) is 8.47. The van der Waals surface area contributed by atoms with Crippen LogP contribution in [0.2, 0.25) is 0 Å². The molecule has 2 fully saturated rings. The molecule has 0 spiro atoms. The van der Waals surface area contributed by atoms with E-state index in [0.717, 1.165) is 17.8 Å². The zero-order valence-corrected chi connectivity index (χ0v) is 15.6. The summed E-state index contributed by atoms with van der Waals surface area (Å²) >= 11 is -0.556. The van der Waals surface area contributed by atoms with Gasteiger partial charge in [0.1, 0.15) is 0 Å². The second kappa shape index (κ2) is 11.0. The topological polar surface area (TPSA) is 0 Å². The summed E-state index contributed by atoms with van der Waals surface area (Å²) in [5, 5.41) is 0. The van der Waals surface area contributed by atoms with Crippen LogP contribution in [-0.4, -0.2) is 0 Å². The Hall–Kier alpha value is 1.29. The molecular formula is C15H28Cl2Ti. The maximum absolute atomic E-state index is 4.89. The summed E-state index contributed by atoms with van der Waals surface area (Å²) in [5.74, 6) is 5.74. The van der Waals surface area contributed by atoms with Crippen LogP contribution in [0.15, 0.2) is 0 Å². The second-order valence-electron chi connectivity index (χ2n) is 5.64. The molecule has 106 valence electrons. The monoisotopic (exact) mass is 326 g/mol. The van der Waals surface area contributed by atoms with Crippen molar-refractivity contribution in [2.24, 2.45) is 17.8 Å². The van der Waals surface area contributed by atoms with Crippen LogP contribution in [0.5, 0.6) is 0 Å². The van der Waals surface area contributed by atoms with E-state index >= 15 is 0 Å². The molecule has 2 radical (unpaired) electrons. The standard InChI is InChI=1S/C10H18.C5H10.2ClH.Ti/c1-6-7(2)9(4)10(5)8(6)3;1-2-4-5-3-1;;;/h6-8H,1-5H3;1-5H2;2*1H;/q;;;;+2/p-2. The van der Waals surface area contributed by atoms with Gasteiger partial charge in [-0.25, -0.2) is 0 Å². The predicted molar refractivity (Wildman–Crippen MR) is 80.1 cm³/mol. The number of hydrogen-bond donors (Lipinski definition) is 0. The Labute approximate surface area is 131 Å². The van der Waals surface area contributed by atoms with E-state index in [-0.39, 0.29) is 0 Å². The second-order valence-corrected chi connectivity index (χ2v) is 8.22. The van der Waals surface area contributed by atoms with E-state index in [2.05, 4.69) is 34.6 Å². The van der Waals surface area contributed by atoms with Crippen molar-refractivity contribution in [2.45, 2.75) is 66.7 Å². The first kappa shape index (κ1) is 19.3. The Morgan fingerprint density at radius 2 is 1.00 bits per heavy atom. The molecule has 2 unspecified atom stereocenters. The normalized spacial score (nSPS) is 32.3. The van der Waals surface area contributed by atoms with Crippen molar-refractivity contribution >= 4 is 18.6 Å². The molecule has 0 aromatic heterocycles. The molecule has 0 amide bonds. The summed E-state index contributed by atoms with van der Waals surface area (Å²) in [7, 11) is 9.78. The minimum absolute atomic E-state index is 0.556. The molecule has 0 N–H and O–H groups in total. The molecule has 2 rings (SSSR count). The van der Waals surface area contributed by atoms with Crippen LogP contribution in [0.25, 0.3) is 0 Å². The van der Waals surface area contributed by atoms with Crippen molar-refractivity contribution in [3.8, 4) is 0 Å². The molecule has 0 nitrogen and oxygen atoms in total. The fourth-order valence-electron chi connectivity index (χ4n) is 2.82. The van der Waals surface area contributed by atoms with Gasteiger partial charge >= 0.3 is 35.6 Å². The van der Waals surface area contributed by atoms with E-state index in [9.17, 15) is 0 Å². The molecule has 0 heterocycles. The summed E-state index contributed by atoms with van der Waals surface area (Å²) < 4.78 is 0. The van der Waals surface area contributed by atoms with E-state index in [1.807, 2.05) is 0 Å². The van der Waals surface area contributed by atoms with Gasteiger partial charge in [0.05, 0.1) is 0 Å². The Balaban J connectivity index is 0.000000301. The van der Waals surface area contributed by atoms with Gasteiger partial charge in [-0.05, 0) is 29.6 Å². The van der Waals surface area contributed by atoms with Crippen molar-refractivity contribution in [2.75, 3.05) is 0 Å². The van der Waals surface area contributed by atoms with Crippen molar-refractivity contribution < 1.29 is 17.0 Å². The first-order valence-electron chi connectivity index (χ1n) is 7.10. The molecule has 3 heteroatoms. The quantitative estimate of drug-likeness (QED) is 0.450. The molecule has 2 aliphatic rings. The summed E-state index contributed by atoms with van der Waals surface area (Å²) in [6.45, 7) is 11.6. The summed E-state index contributed by atoms with van der Waals surface area (Å²) in [6, 6.07) is 0. The third kappa shape index (κ3) is 6.64. The van der Waals surface area contributed by atoms with E-state index in [4.69, 9.17) is 18.6 Å². The summed E-state index contributed by atoms with van der Waals surface area (Å²) in [6.07, 6.45) is 7.50. The van der Waals surface area contributed by atoms with Gasteiger partial charge in [-0.1, -0.05) is 66.7 Å². The van der Waals surface area contributed by atoms with Gasteiger partial charge in [0, 0.05) is 0 Å². The molecule has 2 saturated carbocycles. The number of halogens is 2. The van der Waals surface area contributed by atoms with Crippen molar-refractivity contribution in [3.63, 3.8) is 0 Å². The molecule has 0 saturated heterocycles. The molecule has 2 aliphatic carbocycles. The molecule has 0 bridgehead atoms. The van der Waals surface area contributed by atoms with Crippen molar-refractivity contribution in [1.82, 2.24) is 0 Å². The molecule has 18 heavy (non-hydrogen) atoms. The van der Waals surface area contributed by atoms with E-state index in [1.54, 1.807) is 11.8 Å². The van der Waals surface area contributed by atoms with Gasteiger partial charge in [0.15, 0.2) is 0 Å². The molecule has 0 aliphatic heterocycles. The van der Waals surface area contributed by atoms with Crippen LogP contribution in [0.4, 0.5) is 0 Å². The van der Waals surface area contributed by atoms with Gasteiger partial charge < -0.3 is 0 Å². The average Bonchev–Trinajstić information content (AvgIpc) is 2.98. The molecule has 0 aromatic carbocycles. The third-order valence-corrected chi connectivity index (χ3v) is 4.82. The third-order valence-electron chi connectivity index (χ3n) is 4.82. The zero-order valence-electron chi connectivity index (χ0n) is 12.5. The van der Waals surface area contributed by atoms with Crippen molar-refractivity contribution in [3.05, 3.63) is 11.8 Å².